The molecule has 0 saturated heterocycles. The number of nitrogens with two attached hydrogens (primary N) is 1. The number of carbonyl (C=O) groups is 1. The molecular formula is C15H9BrClFN2O3. The number of hydrogen-bond acceptors (Lipinski definition) is 4. The number of nitrogen functional groups attached to an aromatic ring is 1. The topological polar surface area (TPSA) is 78.2 Å². The second-order valence-corrected chi connectivity index (χ2v) is 6.08. The molecule has 5 nitrogen and oxygen atoms in total. The van der Waals surface area contributed by atoms with Gasteiger partial charge in [0.2, 0.25) is 0 Å². The highest BCUT2D eigenvalue weighted by atomic mass is 79.9. The Kier molecular flexibility index (Phi) is 3.77. The fourth-order valence-electron chi connectivity index (χ4n) is 2.32. The van der Waals surface area contributed by atoms with E-state index in [0.29, 0.717) is 5.52 Å². The summed E-state index contributed by atoms with van der Waals surface area (Å²) in [6, 6.07) is 4.86. The first-order valence-corrected chi connectivity index (χ1v) is 7.55. The molecule has 0 atom stereocenters. The van der Waals surface area contributed by atoms with E-state index >= 15 is 0 Å². The van der Waals surface area contributed by atoms with Gasteiger partial charge in [0.15, 0.2) is 11.4 Å². The number of ketones is 1. The maximum atomic E-state index is 13.4. The number of fused-ring (bicyclic) bond motifs is 1. The van der Waals surface area contributed by atoms with Gasteiger partial charge in [-0.3, -0.25) is 9.36 Å². The molecule has 0 bridgehead atoms. The molecule has 118 valence electrons. The number of carbonyl (C=O) groups excluding carboxylic acids is 1. The van der Waals surface area contributed by atoms with E-state index < -0.39 is 17.4 Å². The monoisotopic (exact) mass is 398 g/mol. The second-order valence-electron chi connectivity index (χ2n) is 4.88. The van der Waals surface area contributed by atoms with Crippen LogP contribution < -0.4 is 11.5 Å². The smallest absolute Gasteiger partial charge is 0.408 e. The standard InChI is InChI=1S/C15H9BrClFN2O3/c1-20-13-10(23-15(20)22)5-9(19)11(12(13)16)14(21)7-4-6(18)2-3-8(7)17/h2-5H,19H2,1H3. The Morgan fingerprint density at radius 1 is 1.39 bits per heavy atom. The summed E-state index contributed by atoms with van der Waals surface area (Å²) in [6.07, 6.45) is 0. The highest BCUT2D eigenvalue weighted by molar-refractivity contribution is 9.10. The van der Waals surface area contributed by atoms with Crippen LogP contribution in [0.5, 0.6) is 0 Å². The molecule has 0 fully saturated rings. The third-order valence-electron chi connectivity index (χ3n) is 3.44. The van der Waals surface area contributed by atoms with E-state index in [2.05, 4.69) is 15.9 Å². The quantitative estimate of drug-likeness (QED) is 0.528. The second kappa shape index (κ2) is 5.50. The predicted octanol–water partition coefficient (Wildman–Crippen LogP) is 3.50. The van der Waals surface area contributed by atoms with Gasteiger partial charge in [-0.05, 0) is 34.1 Å². The third-order valence-corrected chi connectivity index (χ3v) is 4.54. The number of nitrogens with zero attached hydrogens (tertiary/aromatic N) is 1. The zero-order chi connectivity index (χ0) is 16.9. The molecule has 1 aromatic heterocycles. The van der Waals surface area contributed by atoms with Crippen molar-refractivity contribution in [2.24, 2.45) is 7.05 Å². The van der Waals surface area contributed by atoms with E-state index in [-0.39, 0.29) is 31.9 Å². The van der Waals surface area contributed by atoms with Crippen LogP contribution in [0.3, 0.4) is 0 Å². The summed E-state index contributed by atoms with van der Waals surface area (Å²) in [6.45, 7) is 0. The zero-order valence-electron chi connectivity index (χ0n) is 11.7. The summed E-state index contributed by atoms with van der Waals surface area (Å²) in [5, 5.41) is 0.101. The molecule has 2 aromatic carbocycles. The van der Waals surface area contributed by atoms with E-state index in [9.17, 15) is 14.0 Å². The summed E-state index contributed by atoms with van der Waals surface area (Å²) in [4.78, 5) is 24.4. The van der Waals surface area contributed by atoms with Crippen molar-refractivity contribution in [3.63, 3.8) is 0 Å². The first-order valence-electron chi connectivity index (χ1n) is 6.38. The van der Waals surface area contributed by atoms with E-state index in [0.717, 1.165) is 12.1 Å². The lowest BCUT2D eigenvalue weighted by atomic mass is 10.0. The minimum absolute atomic E-state index is 0.0214. The molecule has 0 aliphatic carbocycles. The number of hydrogen-bond donors (Lipinski definition) is 1. The summed E-state index contributed by atoms with van der Waals surface area (Å²) in [5.41, 5.74) is 6.68. The zero-order valence-corrected chi connectivity index (χ0v) is 14.0. The molecule has 0 aliphatic rings. The van der Waals surface area contributed by atoms with E-state index in [1.54, 1.807) is 0 Å². The highest BCUT2D eigenvalue weighted by Gasteiger charge is 2.24. The van der Waals surface area contributed by atoms with Crippen LogP contribution in [0, 0.1) is 5.82 Å². The molecule has 0 radical (unpaired) electrons. The number of anilines is 1. The van der Waals surface area contributed by atoms with Gasteiger partial charge in [0, 0.05) is 24.4 Å². The molecule has 0 unspecified atom stereocenters. The Hall–Kier alpha value is -2.12. The van der Waals surface area contributed by atoms with Crippen molar-refractivity contribution >= 4 is 50.1 Å². The van der Waals surface area contributed by atoms with Gasteiger partial charge in [-0.15, -0.1) is 0 Å². The molecule has 0 aliphatic heterocycles. The number of rotatable bonds is 2. The maximum Gasteiger partial charge on any atom is 0.419 e. The van der Waals surface area contributed by atoms with Gasteiger partial charge in [0.25, 0.3) is 0 Å². The first-order chi connectivity index (χ1) is 10.8. The molecule has 0 spiro atoms. The minimum Gasteiger partial charge on any atom is -0.408 e. The van der Waals surface area contributed by atoms with Crippen molar-refractivity contribution in [3.8, 4) is 0 Å². The summed E-state index contributed by atoms with van der Waals surface area (Å²) < 4.78 is 20.0. The number of benzene rings is 2. The number of aryl methyl sites for hydroxylation is 1. The van der Waals surface area contributed by atoms with Crippen LogP contribution in [0.4, 0.5) is 10.1 Å². The third kappa shape index (κ3) is 2.46. The molecule has 0 saturated carbocycles. The fourth-order valence-corrected chi connectivity index (χ4v) is 3.39. The average molecular weight is 400 g/mol. The molecule has 2 N–H and O–H groups in total. The van der Waals surface area contributed by atoms with Crippen molar-refractivity contribution in [2.45, 2.75) is 0 Å². The van der Waals surface area contributed by atoms with Gasteiger partial charge in [-0.1, -0.05) is 11.6 Å². The molecule has 23 heavy (non-hydrogen) atoms. The van der Waals surface area contributed by atoms with Crippen LogP contribution in [0.2, 0.25) is 5.02 Å². The maximum absolute atomic E-state index is 13.4. The summed E-state index contributed by atoms with van der Waals surface area (Å²) >= 11 is 9.26. The van der Waals surface area contributed by atoms with Gasteiger partial charge >= 0.3 is 5.76 Å². The lowest BCUT2D eigenvalue weighted by molar-refractivity contribution is 0.103. The number of oxazole rings is 1. The van der Waals surface area contributed by atoms with Crippen LogP contribution in [0.1, 0.15) is 15.9 Å². The normalized spacial score (nSPS) is 11.1. The van der Waals surface area contributed by atoms with Gasteiger partial charge in [0.05, 0.1) is 15.1 Å². The van der Waals surface area contributed by atoms with Crippen molar-refractivity contribution in [1.29, 1.82) is 0 Å². The van der Waals surface area contributed by atoms with E-state index in [1.165, 1.54) is 23.7 Å². The van der Waals surface area contributed by atoms with Crippen LogP contribution in [-0.4, -0.2) is 10.4 Å². The predicted molar refractivity (Wildman–Crippen MR) is 88.4 cm³/mol. The minimum atomic E-state index is -0.593. The Balaban J connectivity index is 2.31. The van der Waals surface area contributed by atoms with Gasteiger partial charge in [-0.2, -0.15) is 0 Å². The largest absolute Gasteiger partial charge is 0.419 e. The lowest BCUT2D eigenvalue weighted by Crippen LogP contribution is -2.11. The van der Waals surface area contributed by atoms with Crippen LogP contribution in [0.15, 0.2) is 37.9 Å². The van der Waals surface area contributed by atoms with Crippen LogP contribution in [-0.2, 0) is 7.05 Å². The summed E-state index contributed by atoms with van der Waals surface area (Å²) in [5.74, 6) is -1.74. The average Bonchev–Trinajstić information content (AvgIpc) is 2.76. The first kappa shape index (κ1) is 15.8. The fraction of sp³-hybridized carbons (Fsp3) is 0.0667. The lowest BCUT2D eigenvalue weighted by Gasteiger charge is -2.10. The van der Waals surface area contributed by atoms with Crippen molar-refractivity contribution in [3.05, 3.63) is 61.3 Å². The molecule has 8 heteroatoms. The van der Waals surface area contributed by atoms with E-state index in [1.807, 2.05) is 0 Å². The highest BCUT2D eigenvalue weighted by Crippen LogP contribution is 2.34. The van der Waals surface area contributed by atoms with Crippen molar-refractivity contribution in [1.82, 2.24) is 4.57 Å². The SMILES string of the molecule is Cn1c(=O)oc2cc(N)c(C(=O)c3cc(F)ccc3Cl)c(Br)c21. The molecule has 1 heterocycles. The van der Waals surface area contributed by atoms with Crippen LogP contribution >= 0.6 is 27.5 Å². The summed E-state index contributed by atoms with van der Waals surface area (Å²) in [7, 11) is 1.50. The molecule has 3 aromatic rings. The number of halogens is 3. The van der Waals surface area contributed by atoms with Gasteiger partial charge < -0.3 is 10.2 Å². The molecule has 0 amide bonds. The molecular weight excluding hydrogens is 391 g/mol. The Bertz CT molecular complexity index is 1030. The van der Waals surface area contributed by atoms with E-state index in [4.69, 9.17) is 21.8 Å². The Morgan fingerprint density at radius 2 is 2.09 bits per heavy atom. The van der Waals surface area contributed by atoms with Gasteiger partial charge in [-0.25, -0.2) is 9.18 Å². The number of aromatic nitrogens is 1. The Morgan fingerprint density at radius 3 is 2.78 bits per heavy atom. The van der Waals surface area contributed by atoms with Gasteiger partial charge in [0.1, 0.15) is 11.3 Å². The Labute approximate surface area is 142 Å². The van der Waals surface area contributed by atoms with Crippen molar-refractivity contribution < 1.29 is 13.6 Å². The molecule has 3 rings (SSSR count). The van der Waals surface area contributed by atoms with Crippen molar-refractivity contribution in [2.75, 3.05) is 5.73 Å². The van der Waals surface area contributed by atoms with Crippen LogP contribution in [0.25, 0.3) is 11.1 Å².